The fraction of sp³-hybridized carbons (Fsp3) is 0.667. The third-order valence-electron chi connectivity index (χ3n) is 3.06. The number of carboxylic acid groups (broad SMARTS) is 1. The van der Waals surface area contributed by atoms with E-state index in [9.17, 15) is 4.79 Å². The molecule has 17 heavy (non-hydrogen) atoms. The van der Waals surface area contributed by atoms with Crippen molar-refractivity contribution in [3.8, 4) is 0 Å². The molecule has 1 aliphatic heterocycles. The van der Waals surface area contributed by atoms with Crippen LogP contribution in [0.3, 0.4) is 0 Å². The van der Waals surface area contributed by atoms with Crippen molar-refractivity contribution >= 4 is 5.97 Å². The molecular weight excluding hydrogens is 220 g/mol. The second kappa shape index (κ2) is 5.82. The molecule has 94 valence electrons. The summed E-state index contributed by atoms with van der Waals surface area (Å²) < 4.78 is 5.37. The Morgan fingerprint density at radius 3 is 3.24 bits per heavy atom. The molecule has 0 bridgehead atoms. The maximum Gasteiger partial charge on any atom is 0.303 e. The molecule has 1 unspecified atom stereocenters. The van der Waals surface area contributed by atoms with Crippen LogP contribution in [0.2, 0.25) is 0 Å². The van der Waals surface area contributed by atoms with Crippen LogP contribution < -0.4 is 5.32 Å². The number of aryl methyl sites for hydroxylation is 1. The van der Waals surface area contributed by atoms with Crippen LogP contribution >= 0.6 is 0 Å². The number of carboxylic acids is 1. The first-order valence-electron chi connectivity index (χ1n) is 6.10. The minimum absolute atomic E-state index is 0.108. The van der Waals surface area contributed by atoms with E-state index in [1.807, 2.05) is 0 Å². The highest BCUT2D eigenvalue weighted by Crippen LogP contribution is 2.16. The van der Waals surface area contributed by atoms with Crippen LogP contribution in [0.25, 0.3) is 0 Å². The number of hydrogen-bond donors (Lipinski definition) is 2. The average Bonchev–Trinajstić information content (AvgIpc) is 2.75. The third kappa shape index (κ3) is 3.85. The lowest BCUT2D eigenvalue weighted by Crippen LogP contribution is -2.30. The maximum atomic E-state index is 10.4. The largest absolute Gasteiger partial charge is 0.481 e. The van der Waals surface area contributed by atoms with Crippen molar-refractivity contribution in [1.82, 2.24) is 10.3 Å². The molecule has 1 aromatic rings. The van der Waals surface area contributed by atoms with E-state index in [4.69, 9.17) is 9.52 Å². The molecule has 1 aliphatic rings. The quantitative estimate of drug-likeness (QED) is 0.807. The maximum absolute atomic E-state index is 10.4. The monoisotopic (exact) mass is 238 g/mol. The average molecular weight is 238 g/mol. The van der Waals surface area contributed by atoms with E-state index >= 15 is 0 Å². The van der Waals surface area contributed by atoms with Crippen LogP contribution in [0.5, 0.6) is 0 Å². The summed E-state index contributed by atoms with van der Waals surface area (Å²) in [5, 5.41) is 11.9. The van der Waals surface area contributed by atoms with Crippen molar-refractivity contribution < 1.29 is 14.3 Å². The van der Waals surface area contributed by atoms with Gasteiger partial charge in [0, 0.05) is 12.8 Å². The Balaban J connectivity index is 1.82. The van der Waals surface area contributed by atoms with Crippen LogP contribution in [-0.4, -0.2) is 29.1 Å². The van der Waals surface area contributed by atoms with E-state index < -0.39 is 5.97 Å². The standard InChI is InChI=1S/C12H18N2O3/c15-12(16)4-3-10-8-17-11(14-10)6-9-2-1-5-13-7-9/h8-9,13H,1-7H2,(H,15,16). The number of hydrogen-bond acceptors (Lipinski definition) is 4. The molecule has 0 amide bonds. The Morgan fingerprint density at radius 2 is 2.53 bits per heavy atom. The predicted molar refractivity (Wildman–Crippen MR) is 61.8 cm³/mol. The minimum Gasteiger partial charge on any atom is -0.481 e. The lowest BCUT2D eigenvalue weighted by Gasteiger charge is -2.21. The summed E-state index contributed by atoms with van der Waals surface area (Å²) >= 11 is 0. The predicted octanol–water partition coefficient (Wildman–Crippen LogP) is 1.23. The second-order valence-corrected chi connectivity index (χ2v) is 4.54. The zero-order valence-corrected chi connectivity index (χ0v) is 9.82. The molecule has 5 nitrogen and oxygen atoms in total. The molecule has 1 aromatic heterocycles. The van der Waals surface area contributed by atoms with Crippen LogP contribution in [-0.2, 0) is 17.6 Å². The van der Waals surface area contributed by atoms with Gasteiger partial charge in [-0.2, -0.15) is 0 Å². The van der Waals surface area contributed by atoms with E-state index in [1.165, 1.54) is 12.8 Å². The molecular formula is C12H18N2O3. The summed E-state index contributed by atoms with van der Waals surface area (Å²) in [5.41, 5.74) is 0.742. The van der Waals surface area contributed by atoms with Gasteiger partial charge in [-0.25, -0.2) is 4.98 Å². The summed E-state index contributed by atoms with van der Waals surface area (Å²) in [7, 11) is 0. The fourth-order valence-corrected chi connectivity index (χ4v) is 2.14. The molecule has 1 fully saturated rings. The fourth-order valence-electron chi connectivity index (χ4n) is 2.14. The Hall–Kier alpha value is -1.36. The number of oxazole rings is 1. The molecule has 0 aromatic carbocycles. The molecule has 1 atom stereocenters. The van der Waals surface area contributed by atoms with Gasteiger partial charge in [0.1, 0.15) is 6.26 Å². The molecule has 0 radical (unpaired) electrons. The van der Waals surface area contributed by atoms with E-state index in [-0.39, 0.29) is 6.42 Å². The van der Waals surface area contributed by atoms with Crippen molar-refractivity contribution in [2.24, 2.45) is 5.92 Å². The molecule has 0 spiro atoms. The van der Waals surface area contributed by atoms with Crippen molar-refractivity contribution in [2.75, 3.05) is 13.1 Å². The Bertz CT molecular complexity index is 370. The Labute approximate surface area is 100 Å². The summed E-state index contributed by atoms with van der Waals surface area (Å²) in [4.78, 5) is 14.7. The van der Waals surface area contributed by atoms with Crippen molar-refractivity contribution in [3.05, 3.63) is 17.8 Å². The normalized spacial score (nSPS) is 20.4. The Morgan fingerprint density at radius 1 is 1.65 bits per heavy atom. The van der Waals surface area contributed by atoms with E-state index in [0.717, 1.165) is 31.1 Å². The lowest BCUT2D eigenvalue weighted by atomic mass is 9.96. The number of rotatable bonds is 5. The van der Waals surface area contributed by atoms with E-state index in [2.05, 4.69) is 10.3 Å². The molecule has 2 rings (SSSR count). The van der Waals surface area contributed by atoms with Gasteiger partial charge in [0.2, 0.25) is 0 Å². The second-order valence-electron chi connectivity index (χ2n) is 4.54. The minimum atomic E-state index is -0.800. The van der Waals surface area contributed by atoms with Gasteiger partial charge in [0.05, 0.1) is 12.1 Å². The van der Waals surface area contributed by atoms with Gasteiger partial charge >= 0.3 is 5.97 Å². The highest BCUT2D eigenvalue weighted by Gasteiger charge is 2.16. The van der Waals surface area contributed by atoms with Crippen LogP contribution in [0.1, 0.15) is 30.8 Å². The van der Waals surface area contributed by atoms with Crippen LogP contribution in [0.15, 0.2) is 10.7 Å². The number of aliphatic carboxylic acids is 1. The first-order valence-corrected chi connectivity index (χ1v) is 6.10. The number of piperidine rings is 1. The number of carbonyl (C=O) groups is 1. The molecule has 2 N–H and O–H groups in total. The summed E-state index contributed by atoms with van der Waals surface area (Å²) in [6.45, 7) is 2.12. The first kappa shape index (κ1) is 12.1. The van der Waals surface area contributed by atoms with Crippen LogP contribution in [0.4, 0.5) is 0 Å². The molecule has 0 aliphatic carbocycles. The zero-order valence-electron chi connectivity index (χ0n) is 9.82. The topological polar surface area (TPSA) is 75.4 Å². The van der Waals surface area contributed by atoms with E-state index in [0.29, 0.717) is 12.3 Å². The van der Waals surface area contributed by atoms with Gasteiger partial charge in [-0.3, -0.25) is 4.79 Å². The van der Waals surface area contributed by atoms with Crippen LogP contribution in [0, 0.1) is 5.92 Å². The zero-order chi connectivity index (χ0) is 12.1. The lowest BCUT2D eigenvalue weighted by molar-refractivity contribution is -0.136. The van der Waals surface area contributed by atoms with Crippen molar-refractivity contribution in [3.63, 3.8) is 0 Å². The summed E-state index contributed by atoms with van der Waals surface area (Å²) in [6.07, 6.45) is 5.39. The number of nitrogens with zero attached hydrogens (tertiary/aromatic N) is 1. The van der Waals surface area contributed by atoms with Gasteiger partial charge in [0.25, 0.3) is 0 Å². The van der Waals surface area contributed by atoms with Crippen molar-refractivity contribution in [1.29, 1.82) is 0 Å². The van der Waals surface area contributed by atoms with Gasteiger partial charge < -0.3 is 14.8 Å². The summed E-state index contributed by atoms with van der Waals surface area (Å²) in [6, 6.07) is 0. The Kier molecular flexibility index (Phi) is 4.14. The molecule has 5 heteroatoms. The first-order chi connectivity index (χ1) is 8.24. The molecule has 1 saturated heterocycles. The summed E-state index contributed by atoms with van der Waals surface area (Å²) in [5.74, 6) is 0.528. The smallest absolute Gasteiger partial charge is 0.303 e. The SMILES string of the molecule is O=C(O)CCc1coc(CC2CCCNC2)n1. The van der Waals surface area contributed by atoms with Gasteiger partial charge in [-0.15, -0.1) is 0 Å². The van der Waals surface area contributed by atoms with Gasteiger partial charge in [-0.05, 0) is 31.8 Å². The molecule has 2 heterocycles. The number of nitrogens with one attached hydrogen (secondary N) is 1. The van der Waals surface area contributed by atoms with E-state index in [1.54, 1.807) is 6.26 Å². The highest BCUT2D eigenvalue weighted by atomic mass is 16.4. The third-order valence-corrected chi connectivity index (χ3v) is 3.06. The highest BCUT2D eigenvalue weighted by molar-refractivity contribution is 5.66. The van der Waals surface area contributed by atoms with Crippen molar-refractivity contribution in [2.45, 2.75) is 32.1 Å². The molecule has 0 saturated carbocycles. The van der Waals surface area contributed by atoms with Gasteiger partial charge in [-0.1, -0.05) is 0 Å². The van der Waals surface area contributed by atoms with Gasteiger partial charge in [0.15, 0.2) is 5.89 Å². The number of aromatic nitrogens is 1.